The second-order valence-corrected chi connectivity index (χ2v) is 5.19. The average Bonchev–Trinajstić information content (AvgIpc) is 2.61. The van der Waals surface area contributed by atoms with Crippen molar-refractivity contribution in [2.75, 3.05) is 0 Å². The molecule has 0 bridgehead atoms. The second kappa shape index (κ2) is 10.1. The zero-order chi connectivity index (χ0) is 16.2. The van der Waals surface area contributed by atoms with E-state index in [1.807, 2.05) is 60.7 Å². The van der Waals surface area contributed by atoms with Gasteiger partial charge in [0.1, 0.15) is 5.71 Å². The molecule has 0 aliphatic rings. The monoisotopic (exact) mass is 302 g/mol. The molecule has 23 heavy (non-hydrogen) atoms. The van der Waals surface area contributed by atoms with Crippen molar-refractivity contribution in [1.29, 1.82) is 0 Å². The Morgan fingerprint density at radius 2 is 1.57 bits per heavy atom. The van der Waals surface area contributed by atoms with Gasteiger partial charge in [0.15, 0.2) is 0 Å². The van der Waals surface area contributed by atoms with Crippen LogP contribution < -0.4 is 0 Å². The third kappa shape index (κ3) is 6.76. The van der Waals surface area contributed by atoms with Gasteiger partial charge in [-0.1, -0.05) is 62.1 Å². The van der Waals surface area contributed by atoms with Gasteiger partial charge in [0.25, 0.3) is 0 Å². The Hall–Kier alpha value is -2.66. The van der Waals surface area contributed by atoms with Gasteiger partial charge in [-0.15, -0.1) is 0 Å². The summed E-state index contributed by atoms with van der Waals surface area (Å²) in [7, 11) is 0. The van der Waals surface area contributed by atoms with Gasteiger partial charge < -0.3 is 0 Å². The number of hydrogen-bond acceptors (Lipinski definition) is 2. The molecule has 0 atom stereocenters. The predicted molar refractivity (Wildman–Crippen MR) is 100 cm³/mol. The maximum absolute atomic E-state index is 4.59. The molecule has 2 aromatic carbocycles. The summed E-state index contributed by atoms with van der Waals surface area (Å²) in [5, 5.41) is 0. The number of nitrogens with zero attached hydrogens (tertiary/aromatic N) is 2. The van der Waals surface area contributed by atoms with Gasteiger partial charge in [0.05, 0.1) is 17.6 Å². The van der Waals surface area contributed by atoms with E-state index >= 15 is 0 Å². The zero-order valence-corrected chi connectivity index (χ0v) is 13.6. The Morgan fingerprint density at radius 3 is 2.22 bits per heavy atom. The Labute approximate surface area is 139 Å². The van der Waals surface area contributed by atoms with Crippen molar-refractivity contribution in [3.63, 3.8) is 0 Å². The minimum atomic E-state index is 0.691. The highest BCUT2D eigenvalue weighted by Crippen LogP contribution is 2.11. The molecule has 0 amide bonds. The van der Waals surface area contributed by atoms with Crippen LogP contribution in [-0.2, 0) is 0 Å². The van der Waals surface area contributed by atoms with Crippen LogP contribution in [0.2, 0.25) is 0 Å². The summed E-state index contributed by atoms with van der Waals surface area (Å²) in [6.45, 7) is 2.20. The predicted octanol–water partition coefficient (Wildman–Crippen LogP) is 5.75. The lowest BCUT2D eigenvalue weighted by molar-refractivity contribution is 0.737. The van der Waals surface area contributed by atoms with E-state index in [1.165, 1.54) is 12.8 Å². The van der Waals surface area contributed by atoms with Crippen LogP contribution in [0.1, 0.15) is 32.6 Å². The summed E-state index contributed by atoms with van der Waals surface area (Å²) in [4.78, 5) is 9.04. The SMILES string of the molecule is CCCCCC#CC(C=Nc1ccccc1)=Nc1ccccc1. The van der Waals surface area contributed by atoms with E-state index in [-0.39, 0.29) is 0 Å². The van der Waals surface area contributed by atoms with E-state index in [4.69, 9.17) is 0 Å². The summed E-state index contributed by atoms with van der Waals surface area (Å²) >= 11 is 0. The smallest absolute Gasteiger partial charge is 0.132 e. The lowest BCUT2D eigenvalue weighted by Gasteiger charge is -1.95. The van der Waals surface area contributed by atoms with E-state index in [2.05, 4.69) is 28.7 Å². The standard InChI is InChI=1S/C21H22N2/c1-2-3-4-5-8-17-21(23-20-15-11-7-12-16-20)18-22-19-13-9-6-10-14-19/h6-7,9-16,18H,2-5H2,1H3. The van der Waals surface area contributed by atoms with Crippen molar-refractivity contribution >= 4 is 23.3 Å². The number of aliphatic imine (C=N–C) groups is 2. The van der Waals surface area contributed by atoms with Crippen LogP contribution in [0.25, 0.3) is 0 Å². The molecule has 0 fully saturated rings. The quantitative estimate of drug-likeness (QED) is 0.369. The highest BCUT2D eigenvalue weighted by molar-refractivity contribution is 6.39. The molecule has 0 radical (unpaired) electrons. The van der Waals surface area contributed by atoms with Gasteiger partial charge >= 0.3 is 0 Å². The molecule has 0 aliphatic carbocycles. The molecule has 0 N–H and O–H groups in total. The van der Waals surface area contributed by atoms with Gasteiger partial charge in [-0.05, 0) is 36.6 Å². The van der Waals surface area contributed by atoms with Crippen molar-refractivity contribution in [2.24, 2.45) is 9.98 Å². The molecule has 0 heterocycles. The molecule has 2 rings (SSSR count). The first-order valence-corrected chi connectivity index (χ1v) is 8.10. The van der Waals surface area contributed by atoms with Crippen LogP contribution >= 0.6 is 0 Å². The second-order valence-electron chi connectivity index (χ2n) is 5.19. The Bertz CT molecular complexity index is 689. The fourth-order valence-electron chi connectivity index (χ4n) is 2.00. The van der Waals surface area contributed by atoms with Crippen LogP contribution in [0.15, 0.2) is 70.6 Å². The number of benzene rings is 2. The summed E-state index contributed by atoms with van der Waals surface area (Å²) in [5.74, 6) is 6.35. The molecule has 116 valence electrons. The average molecular weight is 302 g/mol. The molecule has 0 unspecified atom stereocenters. The third-order valence-electron chi connectivity index (χ3n) is 3.22. The van der Waals surface area contributed by atoms with Crippen molar-refractivity contribution in [2.45, 2.75) is 32.6 Å². The topological polar surface area (TPSA) is 24.7 Å². The van der Waals surface area contributed by atoms with Gasteiger partial charge in [-0.2, -0.15) is 0 Å². The lowest BCUT2D eigenvalue weighted by Crippen LogP contribution is -1.95. The van der Waals surface area contributed by atoms with E-state index in [0.29, 0.717) is 5.71 Å². The first kappa shape index (κ1) is 16.7. The normalized spacial score (nSPS) is 11.3. The summed E-state index contributed by atoms with van der Waals surface area (Å²) in [5.41, 5.74) is 2.49. The Kier molecular flexibility index (Phi) is 7.36. The highest BCUT2D eigenvalue weighted by atomic mass is 14.8. The minimum absolute atomic E-state index is 0.691. The van der Waals surface area contributed by atoms with E-state index < -0.39 is 0 Å². The maximum Gasteiger partial charge on any atom is 0.132 e. The molecular formula is C21H22N2. The Morgan fingerprint density at radius 1 is 0.913 bits per heavy atom. The number of unbranched alkanes of at least 4 members (excludes halogenated alkanes) is 3. The molecule has 2 aromatic rings. The van der Waals surface area contributed by atoms with Gasteiger partial charge in [0, 0.05) is 6.42 Å². The van der Waals surface area contributed by atoms with Crippen LogP contribution in [-0.4, -0.2) is 11.9 Å². The molecule has 0 saturated carbocycles. The molecule has 0 spiro atoms. The third-order valence-corrected chi connectivity index (χ3v) is 3.22. The minimum Gasteiger partial charge on any atom is -0.254 e. The van der Waals surface area contributed by atoms with Crippen LogP contribution in [0.4, 0.5) is 11.4 Å². The highest BCUT2D eigenvalue weighted by Gasteiger charge is 1.93. The molecule has 2 heteroatoms. The van der Waals surface area contributed by atoms with Gasteiger partial charge in [-0.3, -0.25) is 4.99 Å². The largest absolute Gasteiger partial charge is 0.254 e. The molecule has 2 nitrogen and oxygen atoms in total. The zero-order valence-electron chi connectivity index (χ0n) is 13.6. The number of hydrogen-bond donors (Lipinski definition) is 0. The van der Waals surface area contributed by atoms with Gasteiger partial charge in [-0.25, -0.2) is 4.99 Å². The van der Waals surface area contributed by atoms with E-state index in [1.54, 1.807) is 6.21 Å². The van der Waals surface area contributed by atoms with E-state index in [0.717, 1.165) is 24.2 Å². The maximum atomic E-state index is 4.59. The van der Waals surface area contributed by atoms with Crippen LogP contribution in [0.3, 0.4) is 0 Å². The first-order chi connectivity index (χ1) is 11.4. The fourth-order valence-corrected chi connectivity index (χ4v) is 2.00. The van der Waals surface area contributed by atoms with Crippen molar-refractivity contribution in [3.8, 4) is 11.8 Å². The molecular weight excluding hydrogens is 280 g/mol. The first-order valence-electron chi connectivity index (χ1n) is 8.10. The fraction of sp³-hybridized carbons (Fsp3) is 0.238. The number of rotatable bonds is 6. The van der Waals surface area contributed by atoms with E-state index in [9.17, 15) is 0 Å². The van der Waals surface area contributed by atoms with Gasteiger partial charge in [0.2, 0.25) is 0 Å². The van der Waals surface area contributed by atoms with Crippen molar-refractivity contribution < 1.29 is 0 Å². The van der Waals surface area contributed by atoms with Crippen LogP contribution in [0.5, 0.6) is 0 Å². The molecule has 0 aromatic heterocycles. The lowest BCUT2D eigenvalue weighted by atomic mass is 10.2. The molecule has 0 aliphatic heterocycles. The summed E-state index contributed by atoms with van der Waals surface area (Å²) < 4.78 is 0. The summed E-state index contributed by atoms with van der Waals surface area (Å²) in [6, 6.07) is 19.7. The van der Waals surface area contributed by atoms with Crippen molar-refractivity contribution in [3.05, 3.63) is 60.7 Å². The number of para-hydroxylation sites is 2. The van der Waals surface area contributed by atoms with Crippen molar-refractivity contribution in [1.82, 2.24) is 0 Å². The molecule has 0 saturated heterocycles. The summed E-state index contributed by atoms with van der Waals surface area (Å²) in [6.07, 6.45) is 6.22. The Balaban J connectivity index is 2.14. The van der Waals surface area contributed by atoms with Crippen LogP contribution in [0, 0.1) is 11.8 Å².